The summed E-state index contributed by atoms with van der Waals surface area (Å²) in [6.45, 7) is 0. The number of esters is 1. The van der Waals surface area contributed by atoms with Crippen molar-refractivity contribution in [3.05, 3.63) is 51.5 Å². The van der Waals surface area contributed by atoms with Crippen LogP contribution in [0.15, 0.2) is 30.3 Å². The fourth-order valence-electron chi connectivity index (χ4n) is 2.46. The molecule has 2 aromatic carbocycles. The molecular formula is C16H13Cl2NO4. The van der Waals surface area contributed by atoms with E-state index in [0.717, 1.165) is 0 Å². The van der Waals surface area contributed by atoms with E-state index in [1.54, 1.807) is 30.3 Å². The van der Waals surface area contributed by atoms with Gasteiger partial charge in [0.05, 0.1) is 24.9 Å². The lowest BCUT2D eigenvalue weighted by Crippen LogP contribution is -2.10. The van der Waals surface area contributed by atoms with Crippen LogP contribution in [0.2, 0.25) is 10.0 Å². The molecule has 1 heterocycles. The highest BCUT2D eigenvalue weighted by atomic mass is 35.5. The summed E-state index contributed by atoms with van der Waals surface area (Å²) in [7, 11) is 2.98. The van der Waals surface area contributed by atoms with Gasteiger partial charge in [-0.2, -0.15) is 0 Å². The summed E-state index contributed by atoms with van der Waals surface area (Å²) in [5.41, 5.74) is 1.55. The van der Waals surface area contributed by atoms with Gasteiger partial charge in [0.25, 0.3) is 0 Å². The summed E-state index contributed by atoms with van der Waals surface area (Å²) in [6, 6.07) is 8.47. The van der Waals surface area contributed by atoms with Crippen molar-refractivity contribution in [2.45, 2.75) is 6.23 Å². The lowest BCUT2D eigenvalue weighted by Gasteiger charge is -2.16. The number of halogens is 2. The predicted molar refractivity (Wildman–Crippen MR) is 87.8 cm³/mol. The van der Waals surface area contributed by atoms with Crippen LogP contribution in [-0.4, -0.2) is 20.2 Å². The highest BCUT2D eigenvalue weighted by Crippen LogP contribution is 2.42. The fraction of sp³-hybridized carbons (Fsp3) is 0.188. The van der Waals surface area contributed by atoms with Crippen LogP contribution < -0.4 is 14.8 Å². The molecule has 0 aliphatic carbocycles. The molecule has 0 aromatic heterocycles. The van der Waals surface area contributed by atoms with Gasteiger partial charge < -0.3 is 19.5 Å². The van der Waals surface area contributed by atoms with E-state index in [0.29, 0.717) is 38.4 Å². The van der Waals surface area contributed by atoms with Gasteiger partial charge in [-0.15, -0.1) is 0 Å². The average molecular weight is 354 g/mol. The Morgan fingerprint density at radius 1 is 1.13 bits per heavy atom. The highest BCUT2D eigenvalue weighted by molar-refractivity contribution is 6.35. The number of hydrogen-bond donors (Lipinski definition) is 1. The van der Waals surface area contributed by atoms with Gasteiger partial charge in [-0.3, -0.25) is 0 Å². The van der Waals surface area contributed by atoms with Gasteiger partial charge in [-0.25, -0.2) is 4.79 Å². The number of carbonyl (C=O) groups is 1. The van der Waals surface area contributed by atoms with Crippen LogP contribution in [0.4, 0.5) is 5.69 Å². The van der Waals surface area contributed by atoms with E-state index >= 15 is 0 Å². The number of anilines is 1. The average Bonchev–Trinajstić information content (AvgIpc) is 2.86. The quantitative estimate of drug-likeness (QED) is 0.830. The van der Waals surface area contributed by atoms with Crippen LogP contribution in [-0.2, 0) is 4.74 Å². The molecule has 0 saturated heterocycles. The van der Waals surface area contributed by atoms with Gasteiger partial charge >= 0.3 is 5.97 Å². The molecule has 2 aromatic rings. The number of benzene rings is 2. The maximum atomic E-state index is 12.2. The minimum Gasteiger partial charge on any atom is -0.493 e. The van der Waals surface area contributed by atoms with E-state index in [4.69, 9.17) is 37.4 Å². The smallest absolute Gasteiger partial charge is 0.344 e. The van der Waals surface area contributed by atoms with Crippen molar-refractivity contribution in [2.24, 2.45) is 0 Å². The predicted octanol–water partition coefficient (Wildman–Crippen LogP) is 4.29. The lowest BCUT2D eigenvalue weighted by atomic mass is 10.1. The zero-order chi connectivity index (χ0) is 16.6. The zero-order valence-corrected chi connectivity index (χ0v) is 13.9. The van der Waals surface area contributed by atoms with Crippen LogP contribution in [0, 0.1) is 0 Å². The zero-order valence-electron chi connectivity index (χ0n) is 12.4. The second-order valence-electron chi connectivity index (χ2n) is 4.82. The molecule has 1 aliphatic rings. The normalized spacial score (nSPS) is 15.8. The Kier molecular flexibility index (Phi) is 4.24. The second kappa shape index (κ2) is 6.18. The third kappa shape index (κ3) is 2.78. The molecule has 0 bridgehead atoms. The number of cyclic esters (lactones) is 1. The molecule has 0 amide bonds. The van der Waals surface area contributed by atoms with E-state index in [2.05, 4.69) is 5.32 Å². The first-order valence-electron chi connectivity index (χ1n) is 6.72. The minimum atomic E-state index is -0.687. The fourth-order valence-corrected chi connectivity index (χ4v) is 2.80. The summed E-state index contributed by atoms with van der Waals surface area (Å²) >= 11 is 12.1. The van der Waals surface area contributed by atoms with E-state index in [1.165, 1.54) is 14.2 Å². The second-order valence-corrected chi connectivity index (χ2v) is 5.66. The number of ether oxygens (including phenoxy) is 3. The molecule has 7 heteroatoms. The van der Waals surface area contributed by atoms with Crippen molar-refractivity contribution in [3.8, 4) is 11.5 Å². The molecular weight excluding hydrogens is 341 g/mol. The first-order valence-corrected chi connectivity index (χ1v) is 7.48. The third-order valence-corrected chi connectivity index (χ3v) is 4.07. The number of methoxy groups -OCH3 is 2. The largest absolute Gasteiger partial charge is 0.493 e. The van der Waals surface area contributed by atoms with E-state index in [-0.39, 0.29) is 0 Å². The molecule has 23 heavy (non-hydrogen) atoms. The van der Waals surface area contributed by atoms with Gasteiger partial charge in [-0.1, -0.05) is 23.2 Å². The van der Waals surface area contributed by atoms with Crippen molar-refractivity contribution in [1.82, 2.24) is 0 Å². The molecule has 0 spiro atoms. The third-order valence-electron chi connectivity index (χ3n) is 3.50. The van der Waals surface area contributed by atoms with Crippen molar-refractivity contribution < 1.29 is 19.0 Å². The molecule has 5 nitrogen and oxygen atoms in total. The summed E-state index contributed by atoms with van der Waals surface area (Å²) in [6.07, 6.45) is -0.687. The molecule has 1 unspecified atom stereocenters. The number of hydrogen-bond acceptors (Lipinski definition) is 5. The first kappa shape index (κ1) is 15.8. The van der Waals surface area contributed by atoms with Crippen LogP contribution in [0.1, 0.15) is 22.1 Å². The minimum absolute atomic E-state index is 0.336. The Morgan fingerprint density at radius 2 is 1.91 bits per heavy atom. The summed E-state index contributed by atoms with van der Waals surface area (Å²) in [5, 5.41) is 4.06. The molecule has 0 radical (unpaired) electrons. The summed E-state index contributed by atoms with van der Waals surface area (Å²) < 4.78 is 15.9. The molecule has 1 aliphatic heterocycles. The Balaban J connectivity index is 2.00. The van der Waals surface area contributed by atoms with E-state index < -0.39 is 12.2 Å². The number of rotatable bonds is 4. The van der Waals surface area contributed by atoms with Gasteiger partial charge in [0.1, 0.15) is 5.56 Å². The topological polar surface area (TPSA) is 56.8 Å². The maximum Gasteiger partial charge on any atom is 0.344 e. The Hall–Kier alpha value is -2.11. The molecule has 1 N–H and O–H groups in total. The monoisotopic (exact) mass is 353 g/mol. The maximum absolute atomic E-state index is 12.2. The molecule has 0 fully saturated rings. The van der Waals surface area contributed by atoms with Crippen LogP contribution >= 0.6 is 23.2 Å². The summed E-state index contributed by atoms with van der Waals surface area (Å²) in [5.74, 6) is 0.313. The van der Waals surface area contributed by atoms with Crippen molar-refractivity contribution >= 4 is 34.9 Å². The van der Waals surface area contributed by atoms with Crippen LogP contribution in [0.25, 0.3) is 0 Å². The molecule has 1 atom stereocenters. The van der Waals surface area contributed by atoms with E-state index in [9.17, 15) is 4.79 Å². The van der Waals surface area contributed by atoms with Crippen molar-refractivity contribution in [2.75, 3.05) is 19.5 Å². The molecule has 120 valence electrons. The van der Waals surface area contributed by atoms with Gasteiger partial charge in [0, 0.05) is 10.6 Å². The van der Waals surface area contributed by atoms with Crippen LogP contribution in [0.3, 0.4) is 0 Å². The summed E-state index contributed by atoms with van der Waals surface area (Å²) in [4.78, 5) is 12.2. The first-order chi connectivity index (χ1) is 11.0. The number of fused-ring (bicyclic) bond motifs is 1. The molecule has 0 saturated carbocycles. The van der Waals surface area contributed by atoms with Gasteiger partial charge in [0.2, 0.25) is 6.23 Å². The Morgan fingerprint density at radius 3 is 2.61 bits per heavy atom. The van der Waals surface area contributed by atoms with Gasteiger partial charge in [-0.05, 0) is 30.3 Å². The highest BCUT2D eigenvalue weighted by Gasteiger charge is 2.36. The van der Waals surface area contributed by atoms with Crippen molar-refractivity contribution in [3.63, 3.8) is 0 Å². The van der Waals surface area contributed by atoms with Gasteiger partial charge in [0.15, 0.2) is 11.5 Å². The standard InChI is InChI=1S/C16H13Cl2NO4/c1-21-12-6-4-9-13(14(12)22-2)16(20)23-15(9)19-11-7-8(17)3-5-10(11)18/h3-7,15,19H,1-2H3. The van der Waals surface area contributed by atoms with E-state index in [1.807, 2.05) is 0 Å². The van der Waals surface area contributed by atoms with Crippen LogP contribution in [0.5, 0.6) is 11.5 Å². The molecule has 3 rings (SSSR count). The SMILES string of the molecule is COc1ccc2c(c1OC)C(=O)OC2Nc1cc(Cl)ccc1Cl. The Bertz CT molecular complexity index is 779. The Labute approximate surface area is 143 Å². The van der Waals surface area contributed by atoms with Crippen molar-refractivity contribution in [1.29, 1.82) is 0 Å². The number of carbonyl (C=O) groups excluding carboxylic acids is 1. The lowest BCUT2D eigenvalue weighted by molar-refractivity contribution is 0.0435. The number of nitrogens with one attached hydrogen (secondary N) is 1.